The van der Waals surface area contributed by atoms with Crippen LogP contribution in [0.25, 0.3) is 0 Å². The van der Waals surface area contributed by atoms with Crippen molar-refractivity contribution >= 4 is 54.5 Å². The Morgan fingerprint density at radius 3 is 2.36 bits per heavy atom. The van der Waals surface area contributed by atoms with E-state index >= 15 is 0 Å². The number of benzene rings is 2. The van der Waals surface area contributed by atoms with E-state index in [1.54, 1.807) is 7.05 Å². The Kier molecular flexibility index (Phi) is 16.8. The standard InChI is InChI=1S/C50H64N7O11P/c1-32-15-8-9-16-35(32)49(2,3)40(51-6)29-33-45(34(46(33)61)30-41-50(4,5)36-17-10-11-18-38(36)55(41)7)56-25-14-19-39(56)48(63)54-37(31-68-69(64,65)66)47(62)53-23-13-12-20-42(58)52-24-27-67-28-26-57-43(59)21-22-44(57)60/h8-11,15-18,21-22,29-30,37,39H,12-14,19-20,23-28,31H2,1-7H3,(H,52,58)(H,53,62)(H,54,63)(H2,64,65,66)/b33-29-,41-30+,51-40?. The molecule has 3 heterocycles. The van der Waals surface area contributed by atoms with E-state index in [1.807, 2.05) is 73.5 Å². The highest BCUT2D eigenvalue weighted by molar-refractivity contribution is 7.46. The molecule has 0 bridgehead atoms. The third-order valence-corrected chi connectivity index (χ3v) is 13.6. The molecular weight excluding hydrogens is 906 g/mol. The summed E-state index contributed by atoms with van der Waals surface area (Å²) in [5.74, 6) is -2.58. The number of fused-ring (bicyclic) bond motifs is 1. The lowest BCUT2D eigenvalue weighted by Gasteiger charge is -2.38. The lowest BCUT2D eigenvalue weighted by Crippen LogP contribution is -2.54. The number of likely N-dealkylation sites (N-methyl/N-ethyl adjacent to an activating group) is 1. The van der Waals surface area contributed by atoms with Gasteiger partial charge in [0, 0.05) is 91.4 Å². The Morgan fingerprint density at radius 2 is 1.68 bits per heavy atom. The summed E-state index contributed by atoms with van der Waals surface area (Å²) < 4.78 is 22.0. The number of anilines is 1. The smallest absolute Gasteiger partial charge is 0.378 e. The normalized spacial score (nSPS) is 19.7. The summed E-state index contributed by atoms with van der Waals surface area (Å²) >= 11 is 0. The molecule has 5 amide bonds. The molecule has 19 heteroatoms. The quantitative estimate of drug-likeness (QED) is 0.0372. The van der Waals surface area contributed by atoms with Gasteiger partial charge in [-0.25, -0.2) is 4.57 Å². The SMILES string of the molecule is CN=C(/C=C1\C(=O)C(/C=C2/N(C)c3ccccc3C2(C)C)=C1N1CCCC1C(=O)NC(COP(=O)(O)O)C(=O)NCCCCC(=O)NCCOCCN1C(=O)C=CC1=O)C(C)(C)c1ccccc1C. The molecule has 2 atom stereocenters. The van der Waals surface area contributed by atoms with E-state index < -0.39 is 61.0 Å². The monoisotopic (exact) mass is 969 g/mol. The molecule has 4 aliphatic rings. The van der Waals surface area contributed by atoms with E-state index in [0.717, 1.165) is 33.0 Å². The maximum Gasteiger partial charge on any atom is 0.469 e. The van der Waals surface area contributed by atoms with Crippen molar-refractivity contribution in [2.24, 2.45) is 4.99 Å². The van der Waals surface area contributed by atoms with Gasteiger partial charge < -0.3 is 40.3 Å². The molecule has 18 nitrogen and oxygen atoms in total. The Balaban J connectivity index is 1.15. The van der Waals surface area contributed by atoms with Crippen LogP contribution in [0.15, 0.2) is 100 Å². The second kappa shape index (κ2) is 22.1. The fraction of sp³-hybridized carbons (Fsp3) is 0.460. The first-order chi connectivity index (χ1) is 32.7. The summed E-state index contributed by atoms with van der Waals surface area (Å²) in [6, 6.07) is 13.7. The van der Waals surface area contributed by atoms with Crippen molar-refractivity contribution < 1.29 is 52.4 Å². The van der Waals surface area contributed by atoms with Crippen LogP contribution in [-0.2, 0) is 53.4 Å². The molecule has 0 radical (unpaired) electrons. The van der Waals surface area contributed by atoms with Crippen molar-refractivity contribution in [3.05, 3.63) is 112 Å². The minimum absolute atomic E-state index is 0.0892. The number of nitrogens with zero attached hydrogens (tertiary/aromatic N) is 4. The summed E-state index contributed by atoms with van der Waals surface area (Å²) in [6.07, 6.45) is 7.94. The number of nitrogens with one attached hydrogen (secondary N) is 3. The van der Waals surface area contributed by atoms with E-state index in [4.69, 9.17) is 14.3 Å². The van der Waals surface area contributed by atoms with Gasteiger partial charge in [-0.05, 0) is 67.5 Å². The minimum Gasteiger partial charge on any atom is -0.378 e. The Bertz CT molecular complexity index is 2540. The number of unbranched alkanes of at least 4 members (excludes halogenated alkanes) is 1. The molecule has 0 aromatic heterocycles. The number of hydrogen-bond donors (Lipinski definition) is 5. The predicted octanol–water partition coefficient (Wildman–Crippen LogP) is 3.82. The van der Waals surface area contributed by atoms with Crippen LogP contribution in [0, 0.1) is 6.92 Å². The van der Waals surface area contributed by atoms with Crippen molar-refractivity contribution in [2.75, 3.05) is 65.0 Å². The first-order valence-corrected chi connectivity index (χ1v) is 24.7. The highest BCUT2D eigenvalue weighted by Crippen LogP contribution is 2.49. The van der Waals surface area contributed by atoms with E-state index in [2.05, 4.69) is 54.6 Å². The number of imide groups is 1. The van der Waals surface area contributed by atoms with Crippen molar-refractivity contribution in [1.29, 1.82) is 0 Å². The number of aryl methyl sites for hydroxylation is 1. The molecule has 3 aliphatic heterocycles. The van der Waals surface area contributed by atoms with Crippen LogP contribution in [-0.4, -0.2) is 133 Å². The summed E-state index contributed by atoms with van der Waals surface area (Å²) in [5, 5.41) is 8.08. The number of hydrogen-bond acceptors (Lipinski definition) is 12. The van der Waals surface area contributed by atoms with Crippen molar-refractivity contribution in [3.63, 3.8) is 0 Å². The number of rotatable bonds is 22. The second-order valence-electron chi connectivity index (χ2n) is 18.5. The molecular formula is C50H64N7O11P. The number of Topliss-reactive ketones (excluding diaryl/α,β-unsaturated/α-hetero) is 1. The first kappa shape index (κ1) is 52.3. The number of likely N-dealkylation sites (tertiary alicyclic amines) is 1. The number of phosphoric ester groups is 1. The molecule has 1 aliphatic carbocycles. The van der Waals surface area contributed by atoms with Crippen LogP contribution in [0.1, 0.15) is 76.5 Å². The molecule has 370 valence electrons. The highest BCUT2D eigenvalue weighted by Gasteiger charge is 2.46. The van der Waals surface area contributed by atoms with Crippen LogP contribution in [0.3, 0.4) is 0 Å². The molecule has 0 spiro atoms. The fourth-order valence-electron chi connectivity index (χ4n) is 9.42. The molecule has 2 aromatic carbocycles. The van der Waals surface area contributed by atoms with E-state index in [1.165, 1.54) is 12.2 Å². The van der Waals surface area contributed by atoms with Crippen molar-refractivity contribution in [3.8, 4) is 0 Å². The minimum atomic E-state index is -5.06. The zero-order valence-corrected chi connectivity index (χ0v) is 41.3. The Hall–Kier alpha value is -6.04. The van der Waals surface area contributed by atoms with Gasteiger partial charge in [0.25, 0.3) is 11.8 Å². The fourth-order valence-corrected chi connectivity index (χ4v) is 9.77. The largest absolute Gasteiger partial charge is 0.469 e. The summed E-state index contributed by atoms with van der Waals surface area (Å²) in [7, 11) is -1.40. The number of para-hydroxylation sites is 1. The lowest BCUT2D eigenvalue weighted by molar-refractivity contribution is -0.137. The van der Waals surface area contributed by atoms with Gasteiger partial charge >= 0.3 is 7.82 Å². The summed E-state index contributed by atoms with van der Waals surface area (Å²) in [4.78, 5) is 107. The molecule has 5 N–H and O–H groups in total. The van der Waals surface area contributed by atoms with Crippen molar-refractivity contribution in [2.45, 2.75) is 89.6 Å². The molecule has 1 saturated heterocycles. The molecule has 2 aromatic rings. The number of allylic oxidation sites excluding steroid dienone is 5. The maximum absolute atomic E-state index is 14.6. The Labute approximate surface area is 403 Å². The van der Waals surface area contributed by atoms with Crippen molar-refractivity contribution in [1.82, 2.24) is 25.8 Å². The zero-order chi connectivity index (χ0) is 50.3. The predicted molar refractivity (Wildman–Crippen MR) is 260 cm³/mol. The van der Waals surface area contributed by atoms with Gasteiger partial charge in [0.05, 0.1) is 32.1 Å². The molecule has 0 saturated carbocycles. The van der Waals surface area contributed by atoms with Crippen LogP contribution in [0.2, 0.25) is 0 Å². The van der Waals surface area contributed by atoms with E-state index in [9.17, 15) is 43.1 Å². The maximum atomic E-state index is 14.6. The molecule has 1 fully saturated rings. The number of ether oxygens (including phenoxy) is 1. The third kappa shape index (κ3) is 12.1. The summed E-state index contributed by atoms with van der Waals surface area (Å²) in [6.45, 7) is 10.6. The average molecular weight is 970 g/mol. The van der Waals surface area contributed by atoms with Gasteiger partial charge in [0.2, 0.25) is 17.7 Å². The van der Waals surface area contributed by atoms with Crippen LogP contribution in [0.4, 0.5) is 5.69 Å². The number of amides is 5. The van der Waals surface area contributed by atoms with Gasteiger partial charge in [-0.3, -0.25) is 43.2 Å². The van der Waals surface area contributed by atoms with Gasteiger partial charge in [-0.15, -0.1) is 0 Å². The van der Waals surface area contributed by atoms with Gasteiger partial charge in [0.1, 0.15) is 12.1 Å². The third-order valence-electron chi connectivity index (χ3n) is 13.1. The second-order valence-corrected chi connectivity index (χ2v) is 19.7. The average Bonchev–Trinajstić information content (AvgIpc) is 3.96. The Morgan fingerprint density at radius 1 is 0.986 bits per heavy atom. The van der Waals surface area contributed by atoms with E-state index in [-0.39, 0.29) is 51.0 Å². The number of ketones is 1. The van der Waals surface area contributed by atoms with Crippen LogP contribution < -0.4 is 20.9 Å². The number of aliphatic imine (C=N–C) groups is 1. The molecule has 2 unspecified atom stereocenters. The van der Waals surface area contributed by atoms with Gasteiger partial charge in [-0.1, -0.05) is 70.2 Å². The number of phosphoric acid groups is 1. The molecule has 6 rings (SSSR count). The zero-order valence-electron chi connectivity index (χ0n) is 40.4. The number of carbonyl (C=O) groups is 6. The summed E-state index contributed by atoms with van der Waals surface area (Å²) in [5.41, 5.74) is 6.12. The van der Waals surface area contributed by atoms with Crippen LogP contribution in [0.5, 0.6) is 0 Å². The van der Waals surface area contributed by atoms with E-state index in [0.29, 0.717) is 54.8 Å². The topological polar surface area (TPSA) is 237 Å². The first-order valence-electron chi connectivity index (χ1n) is 23.2. The molecule has 69 heavy (non-hydrogen) atoms. The van der Waals surface area contributed by atoms with Gasteiger partial charge in [0.15, 0.2) is 5.78 Å². The van der Waals surface area contributed by atoms with Gasteiger partial charge in [-0.2, -0.15) is 0 Å². The number of carbonyl (C=O) groups excluding carboxylic acids is 6. The van der Waals surface area contributed by atoms with Crippen LogP contribution >= 0.6 is 7.82 Å². The lowest BCUT2D eigenvalue weighted by atomic mass is 9.74. The highest BCUT2D eigenvalue weighted by atomic mass is 31.2.